The van der Waals surface area contributed by atoms with Crippen LogP contribution in [0.15, 0.2) is 24.3 Å². The van der Waals surface area contributed by atoms with Crippen LogP contribution in [0.2, 0.25) is 0 Å². The highest BCUT2D eigenvalue weighted by molar-refractivity contribution is 7.99. The van der Waals surface area contributed by atoms with Crippen LogP contribution in [-0.2, 0) is 10.0 Å². The van der Waals surface area contributed by atoms with Crippen molar-refractivity contribution < 1.29 is 18.3 Å². The molecule has 1 aromatic rings. The van der Waals surface area contributed by atoms with Gasteiger partial charge < -0.3 is 10.4 Å². The molecule has 8 heteroatoms. The fraction of sp³-hybridized carbons (Fsp3) is 0.462. The lowest BCUT2D eigenvalue weighted by atomic mass is 10.2. The summed E-state index contributed by atoms with van der Waals surface area (Å²) in [5.74, 6) is 0.896. The van der Waals surface area contributed by atoms with Crippen LogP contribution in [0.1, 0.15) is 10.4 Å². The first-order valence-corrected chi connectivity index (χ1v) is 9.39. The van der Waals surface area contributed by atoms with Gasteiger partial charge in [0, 0.05) is 31.1 Å². The summed E-state index contributed by atoms with van der Waals surface area (Å²) in [5.41, 5.74) is 0.143. The highest BCUT2D eigenvalue weighted by atomic mass is 32.2. The first-order chi connectivity index (χ1) is 10.0. The summed E-state index contributed by atoms with van der Waals surface area (Å²) >= 11 is 1.74. The minimum absolute atomic E-state index is 0.0269. The van der Waals surface area contributed by atoms with Crippen molar-refractivity contribution >= 4 is 27.7 Å². The van der Waals surface area contributed by atoms with E-state index in [0.29, 0.717) is 13.1 Å². The van der Waals surface area contributed by atoms with E-state index in [2.05, 4.69) is 5.32 Å². The zero-order valence-corrected chi connectivity index (χ0v) is 13.1. The minimum atomic E-state index is -3.33. The molecule has 1 saturated heterocycles. The van der Waals surface area contributed by atoms with Crippen LogP contribution in [0.4, 0.5) is 0 Å². The largest absolute Gasteiger partial charge is 0.507 e. The third kappa shape index (κ3) is 4.36. The van der Waals surface area contributed by atoms with E-state index in [1.54, 1.807) is 23.9 Å². The number of para-hydroxylation sites is 1. The number of aromatic hydroxyl groups is 1. The van der Waals surface area contributed by atoms with Gasteiger partial charge in [-0.3, -0.25) is 4.79 Å². The number of phenols is 1. The molecule has 0 unspecified atom stereocenters. The van der Waals surface area contributed by atoms with Crippen molar-refractivity contribution in [2.45, 2.75) is 0 Å². The Morgan fingerprint density at radius 3 is 2.62 bits per heavy atom. The van der Waals surface area contributed by atoms with E-state index in [1.165, 1.54) is 16.4 Å². The van der Waals surface area contributed by atoms with Gasteiger partial charge >= 0.3 is 0 Å². The third-order valence-electron chi connectivity index (χ3n) is 3.16. The van der Waals surface area contributed by atoms with E-state index in [4.69, 9.17) is 0 Å². The van der Waals surface area contributed by atoms with E-state index in [0.717, 1.165) is 11.5 Å². The van der Waals surface area contributed by atoms with Gasteiger partial charge in [0.25, 0.3) is 5.91 Å². The molecule has 0 bridgehead atoms. The predicted molar refractivity (Wildman–Crippen MR) is 83.1 cm³/mol. The second kappa shape index (κ2) is 7.15. The summed E-state index contributed by atoms with van der Waals surface area (Å²) in [6.07, 6.45) is 0. The number of rotatable bonds is 5. The van der Waals surface area contributed by atoms with Crippen molar-refractivity contribution in [2.24, 2.45) is 0 Å². The number of nitrogens with one attached hydrogen (secondary N) is 1. The fourth-order valence-corrected chi connectivity index (χ4v) is 4.50. The maximum Gasteiger partial charge on any atom is 0.255 e. The third-order valence-corrected chi connectivity index (χ3v) is 5.97. The molecule has 1 amide bonds. The van der Waals surface area contributed by atoms with E-state index < -0.39 is 15.9 Å². The Labute approximate surface area is 128 Å². The van der Waals surface area contributed by atoms with E-state index in [9.17, 15) is 18.3 Å². The summed E-state index contributed by atoms with van der Waals surface area (Å²) in [5, 5.41) is 12.1. The highest BCUT2D eigenvalue weighted by Gasteiger charge is 2.24. The monoisotopic (exact) mass is 330 g/mol. The number of phenolic OH excluding ortho intramolecular Hbond substituents is 1. The van der Waals surface area contributed by atoms with Crippen LogP contribution < -0.4 is 5.32 Å². The molecule has 2 rings (SSSR count). The number of nitrogens with zero attached hydrogens (tertiary/aromatic N) is 1. The Kier molecular flexibility index (Phi) is 5.49. The van der Waals surface area contributed by atoms with Crippen LogP contribution in [0.25, 0.3) is 0 Å². The van der Waals surface area contributed by atoms with Crippen molar-refractivity contribution in [3.05, 3.63) is 29.8 Å². The molecular formula is C13H18N2O4S2. The average molecular weight is 330 g/mol. The van der Waals surface area contributed by atoms with Crippen LogP contribution in [-0.4, -0.2) is 60.6 Å². The molecule has 1 heterocycles. The number of carbonyl (C=O) groups excluding carboxylic acids is 1. The molecule has 0 aromatic heterocycles. The molecule has 1 aromatic carbocycles. The maximum absolute atomic E-state index is 12.1. The predicted octanol–water partition coefficient (Wildman–Crippen LogP) is 0.501. The molecule has 1 fully saturated rings. The zero-order chi connectivity index (χ0) is 15.3. The number of sulfonamides is 1. The first kappa shape index (κ1) is 16.1. The molecule has 2 N–H and O–H groups in total. The Bertz CT molecular complexity index is 598. The van der Waals surface area contributed by atoms with Gasteiger partial charge in [-0.25, -0.2) is 12.7 Å². The van der Waals surface area contributed by atoms with Crippen LogP contribution in [0.3, 0.4) is 0 Å². The zero-order valence-electron chi connectivity index (χ0n) is 11.5. The molecule has 21 heavy (non-hydrogen) atoms. The summed E-state index contributed by atoms with van der Waals surface area (Å²) < 4.78 is 25.6. The van der Waals surface area contributed by atoms with Gasteiger partial charge in [0.15, 0.2) is 0 Å². The smallest absolute Gasteiger partial charge is 0.255 e. The van der Waals surface area contributed by atoms with Gasteiger partial charge in [0.1, 0.15) is 5.75 Å². The number of hydrogen-bond donors (Lipinski definition) is 2. The maximum atomic E-state index is 12.1. The summed E-state index contributed by atoms with van der Waals surface area (Å²) in [6, 6.07) is 6.15. The van der Waals surface area contributed by atoms with Gasteiger partial charge in [0.05, 0.1) is 11.3 Å². The van der Waals surface area contributed by atoms with Gasteiger partial charge in [0.2, 0.25) is 10.0 Å². The number of carbonyl (C=O) groups is 1. The highest BCUT2D eigenvalue weighted by Crippen LogP contribution is 2.15. The van der Waals surface area contributed by atoms with Crippen molar-refractivity contribution in [3.8, 4) is 5.75 Å². The second-order valence-corrected chi connectivity index (χ2v) is 7.91. The second-order valence-electron chi connectivity index (χ2n) is 4.60. The standard InChI is InChI=1S/C13H18N2O4S2/c16-12-4-2-1-3-11(12)13(17)14-5-10-21(18,19)15-6-8-20-9-7-15/h1-4,16H,5-10H2,(H,14,17). The van der Waals surface area contributed by atoms with Gasteiger partial charge in [-0.15, -0.1) is 0 Å². The summed E-state index contributed by atoms with van der Waals surface area (Å²) in [4.78, 5) is 11.8. The average Bonchev–Trinajstić information content (AvgIpc) is 2.48. The van der Waals surface area contributed by atoms with E-state index >= 15 is 0 Å². The number of benzene rings is 1. The van der Waals surface area contributed by atoms with Crippen LogP contribution in [0.5, 0.6) is 5.75 Å². The molecule has 0 aliphatic carbocycles. The topological polar surface area (TPSA) is 86.7 Å². The Hall–Kier alpha value is -1.25. The van der Waals surface area contributed by atoms with Gasteiger partial charge in [-0.1, -0.05) is 12.1 Å². The van der Waals surface area contributed by atoms with Crippen molar-refractivity contribution in [1.29, 1.82) is 0 Å². The quantitative estimate of drug-likeness (QED) is 0.821. The van der Waals surface area contributed by atoms with Crippen LogP contribution >= 0.6 is 11.8 Å². The summed E-state index contributed by atoms with van der Waals surface area (Å²) in [6.45, 7) is 1.08. The Balaban J connectivity index is 1.86. The summed E-state index contributed by atoms with van der Waals surface area (Å²) in [7, 11) is -3.33. The molecule has 0 atom stereocenters. The van der Waals surface area contributed by atoms with Crippen LogP contribution in [0, 0.1) is 0 Å². The van der Waals surface area contributed by atoms with Crippen molar-refractivity contribution in [2.75, 3.05) is 36.9 Å². The molecule has 0 saturated carbocycles. The Morgan fingerprint density at radius 2 is 1.95 bits per heavy atom. The minimum Gasteiger partial charge on any atom is -0.507 e. The molecule has 1 aliphatic rings. The van der Waals surface area contributed by atoms with Crippen molar-refractivity contribution in [3.63, 3.8) is 0 Å². The molecule has 0 spiro atoms. The number of amides is 1. The van der Waals surface area contributed by atoms with E-state index in [-0.39, 0.29) is 23.6 Å². The fourth-order valence-electron chi connectivity index (χ4n) is 2.01. The first-order valence-electron chi connectivity index (χ1n) is 6.62. The molecule has 6 nitrogen and oxygen atoms in total. The number of thioether (sulfide) groups is 1. The SMILES string of the molecule is O=C(NCCS(=O)(=O)N1CCSCC1)c1ccccc1O. The van der Waals surface area contributed by atoms with Gasteiger partial charge in [-0.2, -0.15) is 11.8 Å². The molecule has 116 valence electrons. The Morgan fingerprint density at radius 1 is 1.29 bits per heavy atom. The van der Waals surface area contributed by atoms with Crippen molar-refractivity contribution in [1.82, 2.24) is 9.62 Å². The number of hydrogen-bond acceptors (Lipinski definition) is 5. The van der Waals surface area contributed by atoms with Gasteiger partial charge in [-0.05, 0) is 12.1 Å². The molecular weight excluding hydrogens is 312 g/mol. The molecule has 1 aliphatic heterocycles. The normalized spacial score (nSPS) is 16.6. The molecule has 0 radical (unpaired) electrons. The lowest BCUT2D eigenvalue weighted by Crippen LogP contribution is -2.41. The lowest BCUT2D eigenvalue weighted by Gasteiger charge is -2.25. The lowest BCUT2D eigenvalue weighted by molar-refractivity contribution is 0.0953. The van der Waals surface area contributed by atoms with E-state index in [1.807, 2.05) is 0 Å².